The Kier molecular flexibility index (Phi) is 4.99. The van der Waals surface area contributed by atoms with Gasteiger partial charge >= 0.3 is 5.97 Å². The van der Waals surface area contributed by atoms with Crippen molar-refractivity contribution in [2.45, 2.75) is 5.09 Å². The molecule has 6 nitrogen and oxygen atoms in total. The molecule has 1 aromatic carbocycles. The SMILES string of the molecule is COc1ccc(OCCS(=O)c2ccc(C(=O)O)o2)cc1. The summed E-state index contributed by atoms with van der Waals surface area (Å²) in [7, 11) is 0.139. The van der Waals surface area contributed by atoms with Crippen molar-refractivity contribution in [2.75, 3.05) is 19.5 Å². The van der Waals surface area contributed by atoms with Crippen LogP contribution in [0.15, 0.2) is 45.9 Å². The third-order valence-corrected chi connectivity index (χ3v) is 3.82. The van der Waals surface area contributed by atoms with Crippen LogP contribution in [0.25, 0.3) is 0 Å². The maximum absolute atomic E-state index is 11.9. The molecular formula is C14H14O6S. The summed E-state index contributed by atoms with van der Waals surface area (Å²) in [6.45, 7) is 0.224. The molecule has 0 bridgehead atoms. The summed E-state index contributed by atoms with van der Waals surface area (Å²) in [6, 6.07) is 9.69. The summed E-state index contributed by atoms with van der Waals surface area (Å²) in [5.41, 5.74) is 0. The van der Waals surface area contributed by atoms with Gasteiger partial charge in [-0.05, 0) is 36.4 Å². The number of benzene rings is 1. The number of carbonyl (C=O) groups is 1. The molecule has 2 aromatic rings. The number of carboxylic acid groups (broad SMARTS) is 1. The van der Waals surface area contributed by atoms with E-state index in [4.69, 9.17) is 19.0 Å². The van der Waals surface area contributed by atoms with E-state index in [1.54, 1.807) is 31.4 Å². The maximum Gasteiger partial charge on any atom is 0.371 e. The van der Waals surface area contributed by atoms with Gasteiger partial charge in [-0.2, -0.15) is 0 Å². The van der Waals surface area contributed by atoms with Crippen molar-refractivity contribution in [1.82, 2.24) is 0 Å². The van der Waals surface area contributed by atoms with E-state index in [0.717, 1.165) is 5.75 Å². The zero-order chi connectivity index (χ0) is 15.2. The molecule has 0 aliphatic carbocycles. The summed E-state index contributed by atoms with van der Waals surface area (Å²) in [4.78, 5) is 10.7. The Morgan fingerprint density at radius 3 is 2.43 bits per heavy atom. The Hall–Kier alpha value is -2.28. The van der Waals surface area contributed by atoms with Crippen molar-refractivity contribution in [3.8, 4) is 11.5 Å². The molecule has 7 heteroatoms. The van der Waals surface area contributed by atoms with E-state index in [1.165, 1.54) is 12.1 Å². The Labute approximate surface area is 123 Å². The van der Waals surface area contributed by atoms with Gasteiger partial charge in [0.15, 0.2) is 5.09 Å². The summed E-state index contributed by atoms with van der Waals surface area (Å²) in [5.74, 6) is 0.154. The molecule has 0 aliphatic heterocycles. The minimum atomic E-state index is -1.44. The minimum absolute atomic E-state index is 0.130. The molecule has 0 radical (unpaired) electrons. The first-order valence-electron chi connectivity index (χ1n) is 6.08. The van der Waals surface area contributed by atoms with Crippen LogP contribution in [-0.4, -0.2) is 34.8 Å². The topological polar surface area (TPSA) is 86.0 Å². The van der Waals surface area contributed by atoms with Gasteiger partial charge in [0.05, 0.1) is 23.7 Å². The first-order valence-corrected chi connectivity index (χ1v) is 7.40. The monoisotopic (exact) mass is 310 g/mol. The highest BCUT2D eigenvalue weighted by Gasteiger charge is 2.13. The molecule has 1 atom stereocenters. The van der Waals surface area contributed by atoms with Crippen LogP contribution >= 0.6 is 0 Å². The standard InChI is InChI=1S/C14H14O6S/c1-18-10-2-4-11(5-3-10)19-8-9-21(17)13-7-6-12(20-13)14(15)16/h2-7H,8-9H2,1H3,(H,15,16). The highest BCUT2D eigenvalue weighted by atomic mass is 32.2. The molecule has 0 saturated carbocycles. The van der Waals surface area contributed by atoms with Gasteiger partial charge in [-0.15, -0.1) is 0 Å². The van der Waals surface area contributed by atoms with Gasteiger partial charge in [0, 0.05) is 0 Å². The van der Waals surface area contributed by atoms with Crippen molar-refractivity contribution in [3.63, 3.8) is 0 Å². The Morgan fingerprint density at radius 2 is 1.86 bits per heavy atom. The number of hydrogen-bond donors (Lipinski definition) is 1. The second-order valence-corrected chi connectivity index (χ2v) is 5.50. The molecule has 1 heterocycles. The maximum atomic E-state index is 11.9. The van der Waals surface area contributed by atoms with Crippen LogP contribution in [0.4, 0.5) is 0 Å². The van der Waals surface area contributed by atoms with E-state index in [0.29, 0.717) is 5.75 Å². The van der Waals surface area contributed by atoms with Crippen LogP contribution in [0.5, 0.6) is 11.5 Å². The Bertz CT molecular complexity index is 631. The molecule has 1 unspecified atom stereocenters. The van der Waals surface area contributed by atoms with Crippen LogP contribution < -0.4 is 9.47 Å². The lowest BCUT2D eigenvalue weighted by molar-refractivity contribution is 0.0656. The van der Waals surface area contributed by atoms with Gasteiger partial charge in [0.2, 0.25) is 5.76 Å². The molecular weight excluding hydrogens is 296 g/mol. The number of ether oxygens (including phenoxy) is 2. The normalized spacial score (nSPS) is 11.9. The number of carboxylic acids is 1. The van der Waals surface area contributed by atoms with E-state index in [2.05, 4.69) is 0 Å². The first-order chi connectivity index (χ1) is 10.1. The van der Waals surface area contributed by atoms with Crippen molar-refractivity contribution in [2.24, 2.45) is 0 Å². The predicted octanol–water partition coefficient (Wildman–Crippen LogP) is 2.17. The van der Waals surface area contributed by atoms with Crippen LogP contribution in [0.1, 0.15) is 10.6 Å². The van der Waals surface area contributed by atoms with E-state index in [-0.39, 0.29) is 23.2 Å². The van der Waals surface area contributed by atoms with Crippen molar-refractivity contribution >= 4 is 16.8 Å². The summed E-state index contributed by atoms with van der Waals surface area (Å²) in [6.07, 6.45) is 0. The Balaban J connectivity index is 1.84. The highest BCUT2D eigenvalue weighted by Crippen LogP contribution is 2.17. The lowest BCUT2D eigenvalue weighted by atomic mass is 10.3. The van der Waals surface area contributed by atoms with Crippen LogP contribution in [0.2, 0.25) is 0 Å². The van der Waals surface area contributed by atoms with Crippen LogP contribution in [0, 0.1) is 0 Å². The van der Waals surface area contributed by atoms with Gasteiger partial charge in [-0.3, -0.25) is 4.21 Å². The fraction of sp³-hybridized carbons (Fsp3) is 0.214. The number of hydrogen-bond acceptors (Lipinski definition) is 5. The van der Waals surface area contributed by atoms with Crippen LogP contribution in [-0.2, 0) is 10.8 Å². The van der Waals surface area contributed by atoms with Gasteiger partial charge in [-0.25, -0.2) is 4.79 Å². The molecule has 0 saturated heterocycles. The number of methoxy groups -OCH3 is 1. The molecule has 0 amide bonds. The van der Waals surface area contributed by atoms with Crippen LogP contribution in [0.3, 0.4) is 0 Å². The summed E-state index contributed by atoms with van der Waals surface area (Å²) >= 11 is 0. The molecule has 21 heavy (non-hydrogen) atoms. The van der Waals surface area contributed by atoms with Gasteiger partial charge in [-0.1, -0.05) is 0 Å². The number of rotatable bonds is 7. The smallest absolute Gasteiger partial charge is 0.371 e. The average Bonchev–Trinajstić information content (AvgIpc) is 2.98. The summed E-state index contributed by atoms with van der Waals surface area (Å²) < 4.78 is 27.3. The predicted molar refractivity (Wildman–Crippen MR) is 75.4 cm³/mol. The number of aromatic carboxylic acids is 1. The first kappa shape index (κ1) is 15.1. The van der Waals surface area contributed by atoms with Gasteiger partial charge in [0.1, 0.15) is 18.1 Å². The molecule has 0 spiro atoms. The second-order valence-electron chi connectivity index (χ2n) is 4.00. The lowest BCUT2D eigenvalue weighted by Gasteiger charge is -2.06. The molecule has 0 fully saturated rings. The zero-order valence-electron chi connectivity index (χ0n) is 11.3. The average molecular weight is 310 g/mol. The highest BCUT2D eigenvalue weighted by molar-refractivity contribution is 7.84. The second kappa shape index (κ2) is 6.94. The van der Waals surface area contributed by atoms with E-state index < -0.39 is 16.8 Å². The van der Waals surface area contributed by atoms with E-state index >= 15 is 0 Å². The molecule has 0 aliphatic rings. The number of furan rings is 1. The van der Waals surface area contributed by atoms with Gasteiger partial charge in [0.25, 0.3) is 0 Å². The Morgan fingerprint density at radius 1 is 1.19 bits per heavy atom. The zero-order valence-corrected chi connectivity index (χ0v) is 12.1. The quantitative estimate of drug-likeness (QED) is 0.843. The lowest BCUT2D eigenvalue weighted by Crippen LogP contribution is -2.08. The van der Waals surface area contributed by atoms with Gasteiger partial charge < -0.3 is 19.0 Å². The fourth-order valence-corrected chi connectivity index (χ4v) is 2.40. The fourth-order valence-electron chi connectivity index (χ4n) is 1.57. The van der Waals surface area contributed by atoms with E-state index in [9.17, 15) is 9.00 Å². The largest absolute Gasteiger partial charge is 0.497 e. The van der Waals surface area contributed by atoms with Crippen molar-refractivity contribution < 1.29 is 28.0 Å². The van der Waals surface area contributed by atoms with Crippen molar-refractivity contribution in [1.29, 1.82) is 0 Å². The van der Waals surface area contributed by atoms with Crippen molar-refractivity contribution in [3.05, 3.63) is 42.2 Å². The molecule has 2 rings (SSSR count). The minimum Gasteiger partial charge on any atom is -0.497 e. The van der Waals surface area contributed by atoms with E-state index in [1.807, 2.05) is 0 Å². The molecule has 1 aromatic heterocycles. The summed E-state index contributed by atoms with van der Waals surface area (Å²) in [5, 5.41) is 8.85. The third-order valence-electron chi connectivity index (χ3n) is 2.61. The molecule has 112 valence electrons. The third kappa shape index (κ3) is 4.09. The molecule has 1 N–H and O–H groups in total.